The van der Waals surface area contributed by atoms with Crippen LogP contribution in [0.15, 0.2) is 54.4 Å². The van der Waals surface area contributed by atoms with Crippen LogP contribution in [0.5, 0.6) is 0 Å². The molecular weight excluding hydrogens is 342 g/mol. The second-order valence-corrected chi connectivity index (χ2v) is 6.24. The average Bonchev–Trinajstić information content (AvgIpc) is 2.66. The summed E-state index contributed by atoms with van der Waals surface area (Å²) in [7, 11) is 0. The maximum atomic E-state index is 13.0. The first kappa shape index (κ1) is 20.4. The molecule has 2 rings (SSSR count). The smallest absolute Gasteiger partial charge is 0.263 e. The van der Waals surface area contributed by atoms with Gasteiger partial charge in [-0.3, -0.25) is 4.98 Å². The number of aryl methyl sites for hydroxylation is 1. The standard InChI is InChI=1S/C23H24F2N2/c1-5-8-18(12-11-16(3)26-6-2)22-14-21(15-27-17(22)4)19-9-7-10-20(13-19)23(24)25/h1,7,9-15,23,26H,6,8H2,2-4H3/b16-11-,18-12+. The lowest BCUT2D eigenvalue weighted by molar-refractivity contribution is 0.151. The van der Waals surface area contributed by atoms with E-state index in [1.807, 2.05) is 45.1 Å². The molecule has 0 atom stereocenters. The normalized spacial score (nSPS) is 12.2. The summed E-state index contributed by atoms with van der Waals surface area (Å²) in [4.78, 5) is 4.46. The van der Waals surface area contributed by atoms with Crippen LogP contribution >= 0.6 is 0 Å². The summed E-state index contributed by atoms with van der Waals surface area (Å²) in [5, 5.41) is 3.24. The lowest BCUT2D eigenvalue weighted by Crippen LogP contribution is -2.08. The number of terminal acetylenes is 1. The van der Waals surface area contributed by atoms with Gasteiger partial charge in [0.1, 0.15) is 0 Å². The molecule has 0 amide bonds. The predicted octanol–water partition coefficient (Wildman–Crippen LogP) is 5.91. The summed E-state index contributed by atoms with van der Waals surface area (Å²) in [6.07, 6.45) is 9.19. The molecule has 2 aromatic rings. The van der Waals surface area contributed by atoms with Gasteiger partial charge in [0, 0.05) is 47.2 Å². The number of hydrogen-bond acceptors (Lipinski definition) is 2. The number of benzene rings is 1. The number of pyridine rings is 1. The Hall–Kier alpha value is -2.93. The maximum Gasteiger partial charge on any atom is 0.263 e. The van der Waals surface area contributed by atoms with Gasteiger partial charge >= 0.3 is 0 Å². The van der Waals surface area contributed by atoms with Crippen molar-refractivity contribution in [2.24, 2.45) is 0 Å². The van der Waals surface area contributed by atoms with Crippen LogP contribution < -0.4 is 5.32 Å². The lowest BCUT2D eigenvalue weighted by Gasteiger charge is -2.11. The van der Waals surface area contributed by atoms with Gasteiger partial charge in [-0.05, 0) is 50.1 Å². The van der Waals surface area contributed by atoms with Gasteiger partial charge in [-0.25, -0.2) is 8.78 Å². The van der Waals surface area contributed by atoms with E-state index in [1.165, 1.54) is 12.1 Å². The molecule has 140 valence electrons. The minimum atomic E-state index is -2.50. The monoisotopic (exact) mass is 366 g/mol. The van der Waals surface area contributed by atoms with Crippen molar-refractivity contribution in [2.75, 3.05) is 6.54 Å². The molecule has 0 unspecified atom stereocenters. The van der Waals surface area contributed by atoms with Crippen LogP contribution in [-0.2, 0) is 0 Å². The molecule has 0 fully saturated rings. The first-order valence-electron chi connectivity index (χ1n) is 8.86. The van der Waals surface area contributed by atoms with Gasteiger partial charge < -0.3 is 5.32 Å². The molecule has 1 N–H and O–H groups in total. The highest BCUT2D eigenvalue weighted by atomic mass is 19.3. The van der Waals surface area contributed by atoms with Crippen LogP contribution in [0.2, 0.25) is 0 Å². The van der Waals surface area contributed by atoms with Crippen LogP contribution in [0.25, 0.3) is 16.7 Å². The minimum absolute atomic E-state index is 0.00165. The minimum Gasteiger partial charge on any atom is -0.389 e. The zero-order valence-electron chi connectivity index (χ0n) is 15.9. The molecule has 0 aliphatic rings. The second kappa shape index (κ2) is 9.68. The van der Waals surface area contributed by atoms with Gasteiger partial charge in [0.25, 0.3) is 6.43 Å². The van der Waals surface area contributed by atoms with Crippen LogP contribution in [0.1, 0.15) is 43.5 Å². The molecule has 1 aromatic carbocycles. The van der Waals surface area contributed by atoms with E-state index in [1.54, 1.807) is 12.3 Å². The summed E-state index contributed by atoms with van der Waals surface area (Å²) in [5.41, 5.74) is 5.27. The van der Waals surface area contributed by atoms with Crippen molar-refractivity contribution >= 4 is 5.57 Å². The Kier molecular flexibility index (Phi) is 7.31. The predicted molar refractivity (Wildman–Crippen MR) is 108 cm³/mol. The molecule has 27 heavy (non-hydrogen) atoms. The number of hydrogen-bond donors (Lipinski definition) is 1. The van der Waals surface area contributed by atoms with Crippen LogP contribution in [0.3, 0.4) is 0 Å². The first-order chi connectivity index (χ1) is 13.0. The molecule has 0 spiro atoms. The van der Waals surface area contributed by atoms with E-state index in [0.717, 1.165) is 34.6 Å². The summed E-state index contributed by atoms with van der Waals surface area (Å²) in [6, 6.07) is 8.33. The molecule has 1 heterocycles. The largest absolute Gasteiger partial charge is 0.389 e. The fourth-order valence-corrected chi connectivity index (χ4v) is 2.79. The third-order valence-electron chi connectivity index (χ3n) is 4.19. The number of nitrogens with one attached hydrogen (secondary N) is 1. The number of nitrogens with zero attached hydrogens (tertiary/aromatic N) is 1. The van der Waals surface area contributed by atoms with Crippen molar-refractivity contribution in [2.45, 2.75) is 33.6 Å². The van der Waals surface area contributed by atoms with Gasteiger partial charge in [0.15, 0.2) is 0 Å². The van der Waals surface area contributed by atoms with Gasteiger partial charge in [0.05, 0.1) is 0 Å². The van der Waals surface area contributed by atoms with E-state index in [2.05, 4.69) is 16.2 Å². The van der Waals surface area contributed by atoms with Crippen LogP contribution in [0, 0.1) is 19.3 Å². The van der Waals surface area contributed by atoms with E-state index < -0.39 is 6.43 Å². The zero-order chi connectivity index (χ0) is 19.8. The second-order valence-electron chi connectivity index (χ2n) is 6.24. The van der Waals surface area contributed by atoms with E-state index in [9.17, 15) is 8.78 Å². The molecule has 0 saturated carbocycles. The number of rotatable bonds is 7. The Morgan fingerprint density at radius 3 is 2.70 bits per heavy atom. The Morgan fingerprint density at radius 1 is 1.26 bits per heavy atom. The highest BCUT2D eigenvalue weighted by Gasteiger charge is 2.11. The highest BCUT2D eigenvalue weighted by molar-refractivity contribution is 5.75. The molecule has 0 saturated heterocycles. The van der Waals surface area contributed by atoms with Gasteiger partial charge in [-0.2, -0.15) is 0 Å². The SMILES string of the molecule is C#CC/C(=C\C=C(\C)NCC)c1cc(-c2cccc(C(F)F)c2)cnc1C. The molecule has 2 nitrogen and oxygen atoms in total. The Labute approximate surface area is 160 Å². The summed E-state index contributed by atoms with van der Waals surface area (Å²) < 4.78 is 26.0. The van der Waals surface area contributed by atoms with Crippen LogP contribution in [-0.4, -0.2) is 11.5 Å². The summed E-state index contributed by atoms with van der Waals surface area (Å²) >= 11 is 0. The van der Waals surface area contributed by atoms with Gasteiger partial charge in [0.2, 0.25) is 0 Å². The number of halogens is 2. The van der Waals surface area contributed by atoms with Gasteiger partial charge in [-0.1, -0.05) is 24.3 Å². The Balaban J connectivity index is 2.49. The molecule has 4 heteroatoms. The first-order valence-corrected chi connectivity index (χ1v) is 8.86. The lowest BCUT2D eigenvalue weighted by atomic mass is 9.96. The van der Waals surface area contributed by atoms with E-state index in [4.69, 9.17) is 6.42 Å². The van der Waals surface area contributed by atoms with Gasteiger partial charge in [-0.15, -0.1) is 12.3 Å². The number of allylic oxidation sites excluding steroid dienone is 4. The Bertz CT molecular complexity index is 889. The fourth-order valence-electron chi connectivity index (χ4n) is 2.79. The third kappa shape index (κ3) is 5.52. The molecule has 0 aliphatic carbocycles. The maximum absolute atomic E-state index is 13.0. The molecular formula is C23H24F2N2. The van der Waals surface area contributed by atoms with Crippen molar-refractivity contribution in [3.63, 3.8) is 0 Å². The number of alkyl halides is 2. The van der Waals surface area contributed by atoms with Crippen molar-refractivity contribution in [1.82, 2.24) is 10.3 Å². The summed E-state index contributed by atoms with van der Waals surface area (Å²) in [5.74, 6) is 2.69. The van der Waals surface area contributed by atoms with Crippen molar-refractivity contribution in [3.8, 4) is 23.5 Å². The molecule has 1 aromatic heterocycles. The van der Waals surface area contributed by atoms with E-state index in [0.29, 0.717) is 12.0 Å². The zero-order valence-corrected chi connectivity index (χ0v) is 15.9. The summed E-state index contributed by atoms with van der Waals surface area (Å²) in [6.45, 7) is 6.79. The average molecular weight is 366 g/mol. The molecule has 0 bridgehead atoms. The van der Waals surface area contributed by atoms with Crippen molar-refractivity contribution in [3.05, 3.63) is 71.2 Å². The van der Waals surface area contributed by atoms with E-state index >= 15 is 0 Å². The van der Waals surface area contributed by atoms with Crippen molar-refractivity contribution < 1.29 is 8.78 Å². The third-order valence-corrected chi connectivity index (χ3v) is 4.19. The fraction of sp³-hybridized carbons (Fsp3) is 0.261. The topological polar surface area (TPSA) is 24.9 Å². The van der Waals surface area contributed by atoms with E-state index in [-0.39, 0.29) is 5.56 Å². The van der Waals surface area contributed by atoms with Crippen LogP contribution in [0.4, 0.5) is 8.78 Å². The molecule has 0 radical (unpaired) electrons. The highest BCUT2D eigenvalue weighted by Crippen LogP contribution is 2.29. The molecule has 0 aliphatic heterocycles. The van der Waals surface area contributed by atoms with Crippen molar-refractivity contribution in [1.29, 1.82) is 0 Å². The number of aromatic nitrogens is 1. The quantitative estimate of drug-likeness (QED) is 0.486. The Morgan fingerprint density at radius 2 is 2.04 bits per heavy atom.